The zero-order valence-electron chi connectivity index (χ0n) is 9.05. The van der Waals surface area contributed by atoms with Crippen LogP contribution in [0, 0.1) is 0 Å². The second-order valence-electron chi connectivity index (χ2n) is 3.93. The minimum absolute atomic E-state index is 0.335. The first-order chi connectivity index (χ1) is 7.84. The van der Waals surface area contributed by atoms with Gasteiger partial charge in [0, 0.05) is 6.54 Å². The summed E-state index contributed by atoms with van der Waals surface area (Å²) in [5.74, 6) is 0.853. The number of hydrogen-bond acceptors (Lipinski definition) is 5. The SMILES string of the molecule is CC1COCCN1c1nc2cncnc2[nH]1. The zero-order valence-corrected chi connectivity index (χ0v) is 9.05. The molecule has 6 heteroatoms. The van der Waals surface area contributed by atoms with Crippen LogP contribution >= 0.6 is 0 Å². The molecule has 3 heterocycles. The van der Waals surface area contributed by atoms with E-state index in [9.17, 15) is 0 Å². The van der Waals surface area contributed by atoms with Crippen molar-refractivity contribution in [2.24, 2.45) is 0 Å². The van der Waals surface area contributed by atoms with E-state index in [1.165, 1.54) is 6.33 Å². The van der Waals surface area contributed by atoms with Crippen molar-refractivity contribution in [1.29, 1.82) is 0 Å². The molecule has 84 valence electrons. The molecular formula is C10H13N5O. The summed E-state index contributed by atoms with van der Waals surface area (Å²) in [6, 6.07) is 0.335. The van der Waals surface area contributed by atoms with Crippen LogP contribution in [0.4, 0.5) is 5.95 Å². The molecule has 0 aliphatic carbocycles. The van der Waals surface area contributed by atoms with Crippen LogP contribution in [-0.2, 0) is 4.74 Å². The van der Waals surface area contributed by atoms with Gasteiger partial charge in [-0.25, -0.2) is 15.0 Å². The van der Waals surface area contributed by atoms with E-state index in [2.05, 4.69) is 31.8 Å². The topological polar surface area (TPSA) is 66.9 Å². The van der Waals surface area contributed by atoms with Crippen molar-refractivity contribution in [3.63, 3.8) is 0 Å². The number of fused-ring (bicyclic) bond motifs is 1. The summed E-state index contributed by atoms with van der Waals surface area (Å²) in [5.41, 5.74) is 1.58. The molecule has 1 N–H and O–H groups in total. The zero-order chi connectivity index (χ0) is 11.0. The quantitative estimate of drug-likeness (QED) is 0.759. The predicted octanol–water partition coefficient (Wildman–Crippen LogP) is 0.578. The van der Waals surface area contributed by atoms with Crippen molar-refractivity contribution in [2.75, 3.05) is 24.7 Å². The lowest BCUT2D eigenvalue weighted by Crippen LogP contribution is -2.44. The number of rotatable bonds is 1. The maximum atomic E-state index is 5.40. The van der Waals surface area contributed by atoms with Gasteiger partial charge in [-0.3, -0.25) is 0 Å². The highest BCUT2D eigenvalue weighted by Crippen LogP contribution is 2.18. The number of hydrogen-bond donors (Lipinski definition) is 1. The number of H-pyrrole nitrogens is 1. The van der Waals surface area contributed by atoms with E-state index in [1.54, 1.807) is 6.20 Å². The Hall–Kier alpha value is -1.69. The predicted molar refractivity (Wildman–Crippen MR) is 59.3 cm³/mol. The van der Waals surface area contributed by atoms with Crippen LogP contribution in [-0.4, -0.2) is 45.7 Å². The number of imidazole rings is 1. The molecule has 0 aromatic carbocycles. The first-order valence-corrected chi connectivity index (χ1v) is 5.35. The molecule has 0 bridgehead atoms. The Balaban J connectivity index is 1.98. The van der Waals surface area contributed by atoms with Crippen LogP contribution in [0.2, 0.25) is 0 Å². The first kappa shape index (κ1) is 9.53. The van der Waals surface area contributed by atoms with Crippen molar-refractivity contribution in [2.45, 2.75) is 13.0 Å². The van der Waals surface area contributed by atoms with Crippen molar-refractivity contribution in [3.8, 4) is 0 Å². The van der Waals surface area contributed by atoms with Crippen molar-refractivity contribution in [1.82, 2.24) is 19.9 Å². The molecule has 2 aromatic rings. The van der Waals surface area contributed by atoms with Gasteiger partial charge in [0.25, 0.3) is 0 Å². The number of morpholine rings is 1. The minimum atomic E-state index is 0.335. The third-order valence-electron chi connectivity index (χ3n) is 2.79. The molecular weight excluding hydrogens is 206 g/mol. The van der Waals surface area contributed by atoms with Gasteiger partial charge in [0.2, 0.25) is 5.95 Å². The summed E-state index contributed by atoms with van der Waals surface area (Å²) in [5, 5.41) is 0. The van der Waals surface area contributed by atoms with E-state index in [4.69, 9.17) is 4.74 Å². The molecule has 3 rings (SSSR count). The maximum Gasteiger partial charge on any atom is 0.205 e. The summed E-state index contributed by atoms with van der Waals surface area (Å²) in [4.78, 5) is 18.0. The molecule has 0 spiro atoms. The van der Waals surface area contributed by atoms with Crippen molar-refractivity contribution >= 4 is 17.1 Å². The van der Waals surface area contributed by atoms with E-state index < -0.39 is 0 Å². The number of nitrogens with one attached hydrogen (secondary N) is 1. The third kappa shape index (κ3) is 1.51. The van der Waals surface area contributed by atoms with Crippen LogP contribution in [0.1, 0.15) is 6.92 Å². The van der Waals surface area contributed by atoms with Gasteiger partial charge in [-0.15, -0.1) is 0 Å². The lowest BCUT2D eigenvalue weighted by Gasteiger charge is -2.32. The minimum Gasteiger partial charge on any atom is -0.377 e. The van der Waals surface area contributed by atoms with Crippen LogP contribution in [0.3, 0.4) is 0 Å². The molecule has 6 nitrogen and oxygen atoms in total. The highest BCUT2D eigenvalue weighted by molar-refractivity contribution is 5.72. The monoisotopic (exact) mass is 219 g/mol. The number of anilines is 1. The highest BCUT2D eigenvalue weighted by atomic mass is 16.5. The van der Waals surface area contributed by atoms with Gasteiger partial charge in [0.05, 0.1) is 25.5 Å². The van der Waals surface area contributed by atoms with Crippen LogP contribution < -0.4 is 4.90 Å². The van der Waals surface area contributed by atoms with Crippen LogP contribution in [0.5, 0.6) is 0 Å². The Morgan fingerprint density at radius 3 is 3.31 bits per heavy atom. The van der Waals surface area contributed by atoms with E-state index >= 15 is 0 Å². The van der Waals surface area contributed by atoms with Crippen LogP contribution in [0.25, 0.3) is 11.2 Å². The smallest absolute Gasteiger partial charge is 0.205 e. The molecule has 1 saturated heterocycles. The Labute approximate surface area is 92.7 Å². The van der Waals surface area contributed by atoms with Gasteiger partial charge in [-0.05, 0) is 6.92 Å². The molecule has 0 saturated carbocycles. The molecule has 1 aliphatic heterocycles. The fraction of sp³-hybridized carbons (Fsp3) is 0.500. The standard InChI is InChI=1S/C10H13N5O/c1-7-5-16-3-2-15(7)10-13-8-4-11-6-12-9(8)14-10/h4,6-7H,2-3,5H2,1H3,(H,11,12,13,14). The lowest BCUT2D eigenvalue weighted by atomic mass is 10.3. The van der Waals surface area contributed by atoms with Gasteiger partial charge in [0.1, 0.15) is 11.8 Å². The molecule has 1 aliphatic rings. The summed E-state index contributed by atoms with van der Waals surface area (Å²) in [6.07, 6.45) is 3.24. The molecule has 0 amide bonds. The average Bonchev–Trinajstić information content (AvgIpc) is 2.73. The lowest BCUT2D eigenvalue weighted by molar-refractivity contribution is 0.0982. The second kappa shape index (κ2) is 3.71. The van der Waals surface area contributed by atoms with Crippen LogP contribution in [0.15, 0.2) is 12.5 Å². The van der Waals surface area contributed by atoms with Gasteiger partial charge in [0.15, 0.2) is 5.65 Å². The Morgan fingerprint density at radius 2 is 2.50 bits per heavy atom. The molecule has 16 heavy (non-hydrogen) atoms. The molecule has 1 atom stereocenters. The third-order valence-corrected chi connectivity index (χ3v) is 2.79. The van der Waals surface area contributed by atoms with Gasteiger partial charge in [-0.1, -0.05) is 0 Å². The molecule has 2 aromatic heterocycles. The number of ether oxygens (including phenoxy) is 1. The van der Waals surface area contributed by atoms with Gasteiger partial charge in [-0.2, -0.15) is 0 Å². The summed E-state index contributed by atoms with van der Waals surface area (Å²) in [7, 11) is 0. The fourth-order valence-corrected chi connectivity index (χ4v) is 1.93. The summed E-state index contributed by atoms with van der Waals surface area (Å²) in [6.45, 7) is 4.46. The van der Waals surface area contributed by atoms with Gasteiger partial charge < -0.3 is 14.6 Å². The second-order valence-corrected chi connectivity index (χ2v) is 3.93. The first-order valence-electron chi connectivity index (χ1n) is 5.35. The van der Waals surface area contributed by atoms with E-state index in [1.807, 2.05) is 0 Å². The fourth-order valence-electron chi connectivity index (χ4n) is 1.93. The van der Waals surface area contributed by atoms with Crippen molar-refractivity contribution < 1.29 is 4.74 Å². The van der Waals surface area contributed by atoms with E-state index in [-0.39, 0.29) is 0 Å². The number of nitrogens with zero attached hydrogens (tertiary/aromatic N) is 4. The Bertz CT molecular complexity index is 464. The van der Waals surface area contributed by atoms with E-state index in [0.29, 0.717) is 6.04 Å². The van der Waals surface area contributed by atoms with Gasteiger partial charge >= 0.3 is 0 Å². The molecule has 1 fully saturated rings. The maximum absolute atomic E-state index is 5.40. The van der Waals surface area contributed by atoms with Crippen molar-refractivity contribution in [3.05, 3.63) is 12.5 Å². The Morgan fingerprint density at radius 1 is 1.56 bits per heavy atom. The summed E-state index contributed by atoms with van der Waals surface area (Å²) < 4.78 is 5.40. The largest absolute Gasteiger partial charge is 0.377 e. The Kier molecular flexibility index (Phi) is 2.21. The highest BCUT2D eigenvalue weighted by Gasteiger charge is 2.21. The van der Waals surface area contributed by atoms with E-state index in [0.717, 1.165) is 36.9 Å². The summed E-state index contributed by atoms with van der Waals surface area (Å²) >= 11 is 0. The average molecular weight is 219 g/mol. The number of aromatic amines is 1. The molecule has 1 unspecified atom stereocenters. The normalized spacial score (nSPS) is 21.6. The number of aromatic nitrogens is 4. The molecule has 0 radical (unpaired) electrons.